The van der Waals surface area contributed by atoms with Crippen LogP contribution >= 0.6 is 27.5 Å². The zero-order chi connectivity index (χ0) is 104. The Balaban J connectivity index is 0.000000132. The molecule has 148 heavy (non-hydrogen) atoms. The van der Waals surface area contributed by atoms with Gasteiger partial charge in [0.05, 0.1) is 48.4 Å². The number of benzene rings is 8. The van der Waals surface area contributed by atoms with Gasteiger partial charge in [-0.05, 0) is 321 Å². The molecule has 7 fully saturated rings. The number of Topliss-reactive ketones (excluding diaryl/α,β-unsaturated/α-hetero) is 5. The van der Waals surface area contributed by atoms with Crippen LogP contribution in [-0.2, 0) is 39.1 Å². The Morgan fingerprint density at radius 2 is 0.716 bits per heavy atom. The van der Waals surface area contributed by atoms with Crippen LogP contribution in [0.25, 0.3) is 54.5 Å². The first kappa shape index (κ1) is 110. The molecule has 20 rings (SSSR count). The number of rotatable bonds is 41. The molecule has 19 nitrogen and oxygen atoms in total. The summed E-state index contributed by atoms with van der Waals surface area (Å²) in [6, 6.07) is 62.8. The second-order valence-electron chi connectivity index (χ2n) is 43.4. The Morgan fingerprint density at radius 3 is 1.22 bits per heavy atom. The maximum Gasteiger partial charge on any atom is 0.161 e. The fourth-order valence-electron chi connectivity index (χ4n) is 25.7. The number of likely N-dealkylation sites (tertiary alicyclic amines) is 3. The Bertz CT molecular complexity index is 6510. The zero-order valence-corrected chi connectivity index (χ0v) is 92.7. The molecule has 7 aliphatic heterocycles. The lowest BCUT2D eigenvalue weighted by molar-refractivity contribution is 0.0966. The molecule has 7 aliphatic rings. The number of fused-ring (bicyclic) bond motifs is 9. The minimum Gasteiger partial charge on any atom is -0.496 e. The number of ketones is 5. The van der Waals surface area contributed by atoms with E-state index in [9.17, 15) is 24.0 Å². The van der Waals surface area contributed by atoms with E-state index in [0.717, 1.165) is 258 Å². The molecule has 0 N–H and O–H groups in total. The SMILES string of the molecule is CC(=O)c1cn(CCCN2C3CCC2CC(CCc2ccccc2)C3)c2ccccc12.CCCCC1CCN(CCCn2cc(C(C)=O)c3cccc(C)c32)CC1.CCCCCC1CC2CCC(C1)N2CCCn1cc(C(C)=O)c2cccc(OC)c21.COc1cccc2c(C(C)=O)cn(CCCN3CCC(Oc4ccccc4Cl)CC3)c12.COc1ccccc1C1CCN(CCCn2cc(C(C)=O)c3cccc(Br)c32)CC1. The topological polar surface area (TPSA) is 163 Å². The van der Waals surface area contributed by atoms with Gasteiger partial charge in [-0.25, -0.2) is 0 Å². The summed E-state index contributed by atoms with van der Waals surface area (Å²) < 4.78 is 35.1. The molecule has 5 aromatic heterocycles. The lowest BCUT2D eigenvalue weighted by atomic mass is 9.86. The van der Waals surface area contributed by atoms with Gasteiger partial charge in [0.2, 0.25) is 0 Å². The van der Waals surface area contributed by atoms with Crippen LogP contribution in [0.15, 0.2) is 211 Å². The van der Waals surface area contributed by atoms with E-state index in [1.54, 1.807) is 55.9 Å². The molecule has 4 unspecified atom stereocenters. The molecule has 0 spiro atoms. The minimum atomic E-state index is 0.0811. The largest absolute Gasteiger partial charge is 0.496 e. The number of hydrogen-bond acceptors (Lipinski definition) is 14. The highest BCUT2D eigenvalue weighted by Crippen LogP contribution is 2.45. The third-order valence-corrected chi connectivity index (χ3v) is 34.4. The number of carbonyl (C=O) groups is 5. The van der Waals surface area contributed by atoms with Crippen molar-refractivity contribution in [3.05, 3.63) is 261 Å². The van der Waals surface area contributed by atoms with E-state index in [0.29, 0.717) is 10.9 Å². The van der Waals surface area contributed by atoms with Gasteiger partial charge in [-0.3, -0.25) is 33.8 Å². The molecule has 0 radical (unpaired) electrons. The summed E-state index contributed by atoms with van der Waals surface area (Å²) in [4.78, 5) is 73.6. The first-order valence-corrected chi connectivity index (χ1v) is 57.3. The predicted molar refractivity (Wildman–Crippen MR) is 611 cm³/mol. The van der Waals surface area contributed by atoms with Crippen molar-refractivity contribution in [3.8, 4) is 23.0 Å². The molecule has 13 aromatic rings. The highest BCUT2D eigenvalue weighted by molar-refractivity contribution is 9.10. The molecule has 0 amide bonds. The number of carbonyl (C=O) groups excluding carboxylic acids is 5. The van der Waals surface area contributed by atoms with E-state index in [2.05, 4.69) is 181 Å². The summed E-state index contributed by atoms with van der Waals surface area (Å²) in [6.07, 6.45) is 46.4. The Kier molecular flexibility index (Phi) is 40.2. The van der Waals surface area contributed by atoms with Gasteiger partial charge in [0, 0.05) is 179 Å². The lowest BCUT2D eigenvalue weighted by Gasteiger charge is -2.39. The van der Waals surface area contributed by atoms with Crippen molar-refractivity contribution in [2.24, 2.45) is 17.8 Å². The number of aryl methyl sites for hydroxylation is 7. The fourth-order valence-corrected chi connectivity index (χ4v) is 26.5. The molecule has 7 saturated heterocycles. The van der Waals surface area contributed by atoms with Gasteiger partial charge in [0.15, 0.2) is 28.9 Å². The fraction of sp³-hybridized carbons (Fsp3) is 0.504. The number of hydrogen-bond donors (Lipinski definition) is 0. The normalized spacial score (nSPS) is 19.0. The summed E-state index contributed by atoms with van der Waals surface area (Å²) in [6.45, 7) is 32.1. The second-order valence-corrected chi connectivity index (χ2v) is 44.6. The number of unbranched alkanes of at least 4 members (excludes halogenated alkanes) is 3. The number of para-hydroxylation sites is 7. The first-order chi connectivity index (χ1) is 72.0. The quantitative estimate of drug-likeness (QED) is 0.0263. The van der Waals surface area contributed by atoms with Crippen molar-refractivity contribution in [1.82, 2.24) is 47.3 Å². The molecular weight excluding hydrogens is 1920 g/mol. The number of nitrogens with zero attached hydrogens (tertiary/aromatic N) is 10. The van der Waals surface area contributed by atoms with Crippen molar-refractivity contribution in [2.75, 3.05) is 93.3 Å². The molecule has 8 aromatic carbocycles. The Labute approximate surface area is 894 Å². The lowest BCUT2D eigenvalue weighted by Crippen LogP contribution is -2.43. The van der Waals surface area contributed by atoms with Crippen molar-refractivity contribution < 1.29 is 42.9 Å². The van der Waals surface area contributed by atoms with Crippen LogP contribution in [0, 0.1) is 24.7 Å². The summed E-state index contributed by atoms with van der Waals surface area (Å²) in [7, 11) is 5.14. The average molecular weight is 2090 g/mol. The number of aromatic nitrogens is 5. The average Bonchev–Trinajstić information content (AvgIpc) is 1.63. The van der Waals surface area contributed by atoms with Crippen LogP contribution < -0.4 is 18.9 Å². The molecule has 0 saturated carbocycles. The van der Waals surface area contributed by atoms with Crippen LogP contribution in [0.4, 0.5) is 0 Å². The van der Waals surface area contributed by atoms with Crippen molar-refractivity contribution in [2.45, 2.75) is 304 Å². The molecule has 790 valence electrons. The van der Waals surface area contributed by atoms with Gasteiger partial charge < -0.3 is 56.5 Å². The van der Waals surface area contributed by atoms with E-state index < -0.39 is 0 Å². The summed E-state index contributed by atoms with van der Waals surface area (Å²) in [5.74, 6) is 7.49. The highest BCUT2D eigenvalue weighted by atomic mass is 79.9. The zero-order valence-electron chi connectivity index (χ0n) is 90.3. The standard InChI is InChI=1S/C28H34N2O.C26H38N2O2.C25H29BrN2O2.C25H29ClN2O3.C23H34N2O/c1-21(31)27-20-29(28-11-6-5-10-26(27)28)16-7-17-30-24-14-15-25(30)19-23(18-24)13-12-22-8-3-2-4-9-22;1-4-5-6-9-20-16-21-12-13-22(17-20)28(21)15-8-14-27-18-24(19(2)29)23-10-7-11-25(30-3)26(23)27;1-18(29)22-17-28(25-21(22)8-5-9-23(25)26)14-6-13-27-15-11-19(12-16-27)20-7-3-4-10-24(20)30-2;1-18(29)21-17-28(25-20(21)7-5-10-24(25)30-2)14-6-13-27-15-11-19(12-16-27)31-23-9-4-3-8-22(23)26;1-4-5-9-20-11-15-24(16-12-20)13-7-14-25-17-22(19(3)26)21-10-6-8-18(2)23(21)25/h2-6,8-11,20,23-25H,7,12-19H2,1H3;7,10-11,18,20-22H,4-6,8-9,12-17H2,1-3H3;3-5,7-10,17,19H,6,11-16H2,1-2H3;3-5,7-10,17,19H,6,11-16H2,1-2H3;6,8,10,17,20H,4-5,7,9,11-16H2,1-3H3. The number of ether oxygens (including phenoxy) is 4. The van der Waals surface area contributed by atoms with Gasteiger partial charge >= 0.3 is 0 Å². The maximum absolute atomic E-state index is 12.2. The predicted octanol–water partition coefficient (Wildman–Crippen LogP) is 28.9. The monoisotopic (exact) mass is 2090 g/mol. The van der Waals surface area contributed by atoms with Crippen LogP contribution in [0.2, 0.25) is 5.02 Å². The van der Waals surface area contributed by atoms with Crippen LogP contribution in [0.5, 0.6) is 23.0 Å². The number of halogens is 2. The summed E-state index contributed by atoms with van der Waals surface area (Å²) in [5, 5.41) is 5.88. The maximum atomic E-state index is 12.2. The molecule has 21 heteroatoms. The second kappa shape index (κ2) is 54.0. The first-order valence-electron chi connectivity index (χ1n) is 56.1. The van der Waals surface area contributed by atoms with Crippen LogP contribution in [-0.4, -0.2) is 200 Å². The molecule has 12 heterocycles. The van der Waals surface area contributed by atoms with Gasteiger partial charge in [-0.15, -0.1) is 0 Å². The summed E-state index contributed by atoms with van der Waals surface area (Å²) >= 11 is 9.88. The van der Waals surface area contributed by atoms with Crippen LogP contribution in [0.1, 0.15) is 296 Å². The van der Waals surface area contributed by atoms with Crippen LogP contribution in [0.3, 0.4) is 0 Å². The minimum absolute atomic E-state index is 0.0811. The van der Waals surface area contributed by atoms with Crippen molar-refractivity contribution in [1.29, 1.82) is 0 Å². The summed E-state index contributed by atoms with van der Waals surface area (Å²) in [5.41, 5.74) is 13.8. The van der Waals surface area contributed by atoms with Crippen molar-refractivity contribution >= 4 is 111 Å². The van der Waals surface area contributed by atoms with Gasteiger partial charge in [0.25, 0.3) is 0 Å². The van der Waals surface area contributed by atoms with E-state index in [4.69, 9.17) is 30.5 Å². The van der Waals surface area contributed by atoms with E-state index >= 15 is 0 Å². The molecule has 4 bridgehead atoms. The molecular formula is C127H164BrClN10O9. The number of piperidine rings is 5. The smallest absolute Gasteiger partial charge is 0.161 e. The number of methoxy groups -OCH3 is 3. The van der Waals surface area contributed by atoms with Gasteiger partial charge in [-0.1, -0.05) is 204 Å². The van der Waals surface area contributed by atoms with Crippen molar-refractivity contribution in [3.63, 3.8) is 0 Å². The van der Waals surface area contributed by atoms with Gasteiger partial charge in [0.1, 0.15) is 29.1 Å². The van der Waals surface area contributed by atoms with E-state index in [1.807, 2.05) is 110 Å². The Morgan fingerprint density at radius 1 is 0.338 bits per heavy atom. The third-order valence-electron chi connectivity index (χ3n) is 33.4. The molecule has 0 aliphatic carbocycles. The van der Waals surface area contributed by atoms with E-state index in [-0.39, 0.29) is 35.0 Å². The highest BCUT2D eigenvalue weighted by Gasteiger charge is 2.42. The Hall–Kier alpha value is -10.4. The van der Waals surface area contributed by atoms with Gasteiger partial charge in [-0.2, -0.15) is 0 Å². The van der Waals surface area contributed by atoms with E-state index in [1.165, 1.54) is 195 Å². The third kappa shape index (κ3) is 27.9. The molecule has 4 atom stereocenters.